The smallest absolute Gasteiger partial charge is 0.247 e. The van der Waals surface area contributed by atoms with Crippen LogP contribution in [0.2, 0.25) is 0 Å². The molecule has 0 fully saturated rings. The van der Waals surface area contributed by atoms with Crippen molar-refractivity contribution < 1.29 is 9.21 Å². The van der Waals surface area contributed by atoms with Gasteiger partial charge in [-0.25, -0.2) is 0 Å². The Morgan fingerprint density at radius 3 is 3.00 bits per heavy atom. The fraction of sp³-hybridized carbons (Fsp3) is 0.133. The lowest BCUT2D eigenvalue weighted by molar-refractivity contribution is -0.116. The summed E-state index contributed by atoms with van der Waals surface area (Å²) < 4.78 is 6.44. The first kappa shape index (κ1) is 15.2. The normalized spacial score (nSPS) is 11.3. The summed E-state index contributed by atoms with van der Waals surface area (Å²) in [5.74, 6) is 0.568. The van der Waals surface area contributed by atoms with Gasteiger partial charge in [0, 0.05) is 16.1 Å². The number of aromatic nitrogens is 2. The predicted molar refractivity (Wildman–Crippen MR) is 83.2 cm³/mol. The van der Waals surface area contributed by atoms with Gasteiger partial charge in [0.1, 0.15) is 0 Å². The lowest BCUT2D eigenvalue weighted by atomic mass is 10.2. The van der Waals surface area contributed by atoms with Gasteiger partial charge in [-0.15, -0.1) is 10.2 Å². The van der Waals surface area contributed by atoms with E-state index in [1.807, 2.05) is 37.3 Å². The molecule has 0 saturated heterocycles. The summed E-state index contributed by atoms with van der Waals surface area (Å²) in [6.45, 7) is 2.07. The highest BCUT2D eigenvalue weighted by Crippen LogP contribution is 2.21. The lowest BCUT2D eigenvalue weighted by Gasteiger charge is -1.97. The van der Waals surface area contributed by atoms with Crippen LogP contribution < -0.4 is 5.32 Å². The number of halogens is 1. The average molecular weight is 348 g/mol. The molecule has 0 unspecified atom stereocenters. The summed E-state index contributed by atoms with van der Waals surface area (Å²) >= 11 is 3.39. The number of nitrogens with zero attached hydrogens (tertiary/aromatic N) is 2. The van der Waals surface area contributed by atoms with Crippen molar-refractivity contribution in [2.24, 2.45) is 0 Å². The number of carbonyl (C=O) groups excluding carboxylic acids is 1. The zero-order chi connectivity index (χ0) is 15.1. The van der Waals surface area contributed by atoms with E-state index in [0.29, 0.717) is 11.8 Å². The van der Waals surface area contributed by atoms with Gasteiger partial charge in [0.2, 0.25) is 17.7 Å². The summed E-state index contributed by atoms with van der Waals surface area (Å²) in [5, 5.41) is 10.5. The van der Waals surface area contributed by atoms with Crippen molar-refractivity contribution in [3.63, 3.8) is 0 Å². The minimum absolute atomic E-state index is 0.194. The summed E-state index contributed by atoms with van der Waals surface area (Å²) in [6, 6.07) is 7.56. The predicted octanol–water partition coefficient (Wildman–Crippen LogP) is 3.25. The van der Waals surface area contributed by atoms with Crippen molar-refractivity contribution in [2.75, 3.05) is 0 Å². The van der Waals surface area contributed by atoms with Gasteiger partial charge >= 0.3 is 0 Å². The second kappa shape index (κ2) is 7.54. The molecule has 2 rings (SSSR count). The number of rotatable bonds is 5. The highest BCUT2D eigenvalue weighted by Gasteiger charge is 2.09. The fourth-order valence-corrected chi connectivity index (χ4v) is 1.94. The molecule has 6 heteroatoms. The molecule has 2 aromatic rings. The summed E-state index contributed by atoms with van der Waals surface area (Å²) in [6.07, 6.45) is 6.71. The highest BCUT2D eigenvalue weighted by molar-refractivity contribution is 9.10. The molecule has 21 heavy (non-hydrogen) atoms. The van der Waals surface area contributed by atoms with Gasteiger partial charge < -0.3 is 9.73 Å². The number of carbonyl (C=O) groups is 1. The van der Waals surface area contributed by atoms with Crippen LogP contribution in [-0.4, -0.2) is 16.1 Å². The van der Waals surface area contributed by atoms with Gasteiger partial charge in [-0.05, 0) is 25.1 Å². The second-order valence-electron chi connectivity index (χ2n) is 4.11. The van der Waals surface area contributed by atoms with Crippen LogP contribution in [0.3, 0.4) is 0 Å². The molecule has 0 aliphatic heterocycles. The van der Waals surface area contributed by atoms with Crippen molar-refractivity contribution >= 4 is 21.8 Å². The average Bonchev–Trinajstić information content (AvgIpc) is 2.94. The minimum Gasteiger partial charge on any atom is -0.419 e. The highest BCUT2D eigenvalue weighted by atomic mass is 79.9. The van der Waals surface area contributed by atoms with Crippen LogP contribution in [0.4, 0.5) is 0 Å². The van der Waals surface area contributed by atoms with E-state index in [2.05, 4.69) is 31.4 Å². The number of nitrogens with one attached hydrogen (secondary N) is 1. The number of hydrogen-bond donors (Lipinski definition) is 1. The molecule has 1 aromatic carbocycles. The van der Waals surface area contributed by atoms with E-state index < -0.39 is 0 Å². The maximum absolute atomic E-state index is 11.5. The second-order valence-corrected chi connectivity index (χ2v) is 5.03. The van der Waals surface area contributed by atoms with Crippen LogP contribution in [0.15, 0.2) is 57.5 Å². The van der Waals surface area contributed by atoms with Gasteiger partial charge in [-0.3, -0.25) is 4.79 Å². The standard InChI is InChI=1S/C15H14BrN3O2/c1-2-3-4-8-13(20)17-10-14-18-19-15(21-14)11-6-5-7-12(16)9-11/h2-9H,10H2,1H3,(H,17,20). The summed E-state index contributed by atoms with van der Waals surface area (Å²) in [7, 11) is 0. The number of benzene rings is 1. The molecule has 0 atom stereocenters. The quantitative estimate of drug-likeness (QED) is 0.665. The molecule has 0 radical (unpaired) electrons. The Bertz CT molecular complexity index is 677. The van der Waals surface area contributed by atoms with Crippen LogP contribution in [0, 0.1) is 0 Å². The van der Waals surface area contributed by atoms with Crippen molar-refractivity contribution in [2.45, 2.75) is 13.5 Å². The maximum atomic E-state index is 11.5. The molecule has 1 heterocycles. The molecule has 0 aliphatic rings. The van der Waals surface area contributed by atoms with Gasteiger partial charge in [0.25, 0.3) is 0 Å². The van der Waals surface area contributed by atoms with Crippen molar-refractivity contribution in [1.29, 1.82) is 0 Å². The van der Waals surface area contributed by atoms with E-state index in [9.17, 15) is 4.79 Å². The van der Waals surface area contributed by atoms with Crippen LogP contribution in [0.5, 0.6) is 0 Å². The molecule has 0 bridgehead atoms. The third-order valence-electron chi connectivity index (χ3n) is 2.50. The van der Waals surface area contributed by atoms with Gasteiger partial charge in [0.15, 0.2) is 0 Å². The van der Waals surface area contributed by atoms with Crippen LogP contribution >= 0.6 is 15.9 Å². The van der Waals surface area contributed by atoms with E-state index >= 15 is 0 Å². The third kappa shape index (κ3) is 4.68. The van der Waals surface area contributed by atoms with E-state index in [4.69, 9.17) is 4.42 Å². The first-order valence-corrected chi connectivity index (χ1v) is 7.14. The maximum Gasteiger partial charge on any atom is 0.247 e. The van der Waals surface area contributed by atoms with Gasteiger partial charge in [-0.2, -0.15) is 0 Å². The molecule has 1 aromatic heterocycles. The Kier molecular flexibility index (Phi) is 5.45. The topological polar surface area (TPSA) is 68.0 Å². The zero-order valence-corrected chi connectivity index (χ0v) is 13.0. The first-order valence-electron chi connectivity index (χ1n) is 6.34. The molecule has 1 amide bonds. The largest absolute Gasteiger partial charge is 0.419 e. The molecule has 0 saturated carbocycles. The van der Waals surface area contributed by atoms with Crippen molar-refractivity contribution in [3.8, 4) is 11.5 Å². The lowest BCUT2D eigenvalue weighted by Crippen LogP contribution is -2.20. The van der Waals surface area contributed by atoms with Gasteiger partial charge in [0.05, 0.1) is 6.54 Å². The Balaban J connectivity index is 1.96. The van der Waals surface area contributed by atoms with E-state index in [1.165, 1.54) is 6.08 Å². The zero-order valence-electron chi connectivity index (χ0n) is 11.4. The fourth-order valence-electron chi connectivity index (χ4n) is 1.54. The van der Waals surface area contributed by atoms with E-state index in [1.54, 1.807) is 12.2 Å². The molecular weight excluding hydrogens is 334 g/mol. The summed E-state index contributed by atoms with van der Waals surface area (Å²) in [4.78, 5) is 11.5. The van der Waals surface area contributed by atoms with Crippen molar-refractivity contribution in [1.82, 2.24) is 15.5 Å². The molecule has 108 valence electrons. The summed E-state index contributed by atoms with van der Waals surface area (Å²) in [5.41, 5.74) is 0.822. The van der Waals surface area contributed by atoms with Crippen LogP contribution in [0.1, 0.15) is 12.8 Å². The molecular formula is C15H14BrN3O2. The Morgan fingerprint density at radius 1 is 1.38 bits per heavy atom. The molecule has 0 spiro atoms. The first-order chi connectivity index (χ1) is 10.2. The van der Waals surface area contributed by atoms with E-state index in [-0.39, 0.29) is 12.5 Å². The Hall–Kier alpha value is -2.21. The Morgan fingerprint density at radius 2 is 2.24 bits per heavy atom. The number of hydrogen-bond acceptors (Lipinski definition) is 4. The number of amides is 1. The minimum atomic E-state index is -0.213. The Labute approximate surface area is 130 Å². The number of allylic oxidation sites excluding steroid dienone is 3. The molecule has 1 N–H and O–H groups in total. The van der Waals surface area contributed by atoms with Crippen LogP contribution in [0.25, 0.3) is 11.5 Å². The van der Waals surface area contributed by atoms with Crippen LogP contribution in [-0.2, 0) is 11.3 Å². The third-order valence-corrected chi connectivity index (χ3v) is 3.00. The van der Waals surface area contributed by atoms with E-state index in [0.717, 1.165) is 10.0 Å². The van der Waals surface area contributed by atoms with Crippen molar-refractivity contribution in [3.05, 3.63) is 58.9 Å². The monoisotopic (exact) mass is 347 g/mol. The SMILES string of the molecule is CC=CC=CC(=O)NCc1nnc(-c2cccc(Br)c2)o1. The molecule has 0 aliphatic carbocycles. The molecule has 5 nitrogen and oxygen atoms in total. The van der Waals surface area contributed by atoms with Gasteiger partial charge in [-0.1, -0.05) is 40.2 Å².